The van der Waals surface area contributed by atoms with Crippen LogP contribution in [-0.4, -0.2) is 86.1 Å². The van der Waals surface area contributed by atoms with Gasteiger partial charge in [0, 0.05) is 56.6 Å². The third-order valence-electron chi connectivity index (χ3n) is 8.06. The maximum Gasteiger partial charge on any atom is 0.264 e. The standard InChI is InChI=1S/C30H35N5O5S/c1-20-5-3-6-21(2)28(20)26-16-27-32-30(31-26)33-41(37,38)25-8-4-7-23(15-25)29(36)35-12-11-34(18-24(19-35)40-27)17-22-9-13-39-14-10-22/h3-8,15-16,22,24H,9-14,17-19H2,1-2H3,(H,31,32,33). The first-order valence-corrected chi connectivity index (χ1v) is 15.6. The maximum atomic E-state index is 13.7. The van der Waals surface area contributed by atoms with Gasteiger partial charge in [-0.1, -0.05) is 24.3 Å². The number of rotatable bonds is 3. The number of hydrogen-bond acceptors (Lipinski definition) is 8. The second-order valence-corrected chi connectivity index (χ2v) is 12.8. The van der Waals surface area contributed by atoms with Crippen molar-refractivity contribution >= 4 is 21.9 Å². The molecule has 3 aliphatic heterocycles. The molecule has 216 valence electrons. The number of carbonyl (C=O) groups is 1. The largest absolute Gasteiger partial charge is 0.471 e. The number of ether oxygens (including phenoxy) is 2. The quantitative estimate of drug-likeness (QED) is 0.503. The van der Waals surface area contributed by atoms with Crippen molar-refractivity contribution in [2.75, 3.05) is 50.7 Å². The molecule has 1 atom stereocenters. The van der Waals surface area contributed by atoms with Gasteiger partial charge in [0.15, 0.2) is 0 Å². The average molecular weight is 578 g/mol. The molecule has 6 rings (SSSR count). The Kier molecular flexibility index (Phi) is 7.67. The zero-order valence-corrected chi connectivity index (χ0v) is 24.2. The highest BCUT2D eigenvalue weighted by Gasteiger charge is 2.31. The number of nitrogens with zero attached hydrogens (tertiary/aromatic N) is 4. The summed E-state index contributed by atoms with van der Waals surface area (Å²) < 4.78 is 41.4. The number of aromatic nitrogens is 2. The van der Waals surface area contributed by atoms with E-state index in [1.54, 1.807) is 23.1 Å². The molecule has 11 heteroatoms. The Balaban J connectivity index is 1.43. The summed E-state index contributed by atoms with van der Waals surface area (Å²) in [5, 5.41) is 0. The highest BCUT2D eigenvalue weighted by molar-refractivity contribution is 7.92. The van der Waals surface area contributed by atoms with Gasteiger partial charge in [-0.05, 0) is 61.9 Å². The van der Waals surface area contributed by atoms with Gasteiger partial charge in [-0.25, -0.2) is 18.1 Å². The molecule has 1 N–H and O–H groups in total. The molecule has 1 unspecified atom stereocenters. The predicted molar refractivity (Wildman–Crippen MR) is 154 cm³/mol. The van der Waals surface area contributed by atoms with Crippen molar-refractivity contribution < 1.29 is 22.7 Å². The van der Waals surface area contributed by atoms with Gasteiger partial charge in [0.1, 0.15) is 6.10 Å². The average Bonchev–Trinajstić information content (AvgIpc) is 3.14. The predicted octanol–water partition coefficient (Wildman–Crippen LogP) is 3.51. The van der Waals surface area contributed by atoms with E-state index in [1.165, 1.54) is 12.1 Å². The van der Waals surface area contributed by atoms with Crippen LogP contribution in [0.1, 0.15) is 34.3 Å². The Morgan fingerprint density at radius 1 is 0.976 bits per heavy atom. The van der Waals surface area contributed by atoms with Crippen LogP contribution in [0.2, 0.25) is 0 Å². The zero-order valence-electron chi connectivity index (χ0n) is 23.4. The number of carbonyl (C=O) groups excluding carboxylic acids is 1. The van der Waals surface area contributed by atoms with E-state index in [1.807, 2.05) is 32.0 Å². The molecular weight excluding hydrogens is 542 g/mol. The molecule has 2 aromatic carbocycles. The van der Waals surface area contributed by atoms with E-state index in [0.717, 1.165) is 49.3 Å². The lowest BCUT2D eigenvalue weighted by molar-refractivity contribution is 0.0478. The number of fused-ring (bicyclic) bond motifs is 6. The van der Waals surface area contributed by atoms with E-state index in [2.05, 4.69) is 19.6 Å². The van der Waals surface area contributed by atoms with E-state index in [4.69, 9.17) is 9.47 Å². The third-order valence-corrected chi connectivity index (χ3v) is 9.39. The van der Waals surface area contributed by atoms with E-state index in [-0.39, 0.29) is 28.7 Å². The van der Waals surface area contributed by atoms with Crippen molar-refractivity contribution in [3.63, 3.8) is 0 Å². The van der Waals surface area contributed by atoms with Crippen LogP contribution in [0.15, 0.2) is 53.4 Å². The number of nitrogens with one attached hydrogen (secondary N) is 1. The molecule has 3 aliphatic rings. The molecule has 2 saturated heterocycles. The monoisotopic (exact) mass is 577 g/mol. The summed E-state index contributed by atoms with van der Waals surface area (Å²) in [6.45, 7) is 8.63. The molecule has 0 radical (unpaired) electrons. The zero-order chi connectivity index (χ0) is 28.6. The molecular formula is C30H35N5O5S. The first-order valence-electron chi connectivity index (χ1n) is 14.1. The lowest BCUT2D eigenvalue weighted by Crippen LogP contribution is -2.41. The first kappa shape index (κ1) is 27.6. The molecule has 41 heavy (non-hydrogen) atoms. The Morgan fingerprint density at radius 3 is 2.51 bits per heavy atom. The molecule has 0 saturated carbocycles. The highest BCUT2D eigenvalue weighted by Crippen LogP contribution is 2.30. The topological polar surface area (TPSA) is 114 Å². The molecule has 1 amide bonds. The number of sulfonamides is 1. The summed E-state index contributed by atoms with van der Waals surface area (Å²) in [6, 6.07) is 13.8. The summed E-state index contributed by atoms with van der Waals surface area (Å²) in [6.07, 6.45) is 1.66. The molecule has 0 spiro atoms. The Bertz CT molecular complexity index is 1540. The van der Waals surface area contributed by atoms with Crippen LogP contribution in [0.25, 0.3) is 11.3 Å². The number of benzene rings is 2. The minimum absolute atomic E-state index is 0.0290. The number of aryl methyl sites for hydroxylation is 2. The number of anilines is 1. The SMILES string of the molecule is Cc1cccc(C)c1-c1cc2nc(n1)NS(=O)(=O)c1cccc(c1)C(=O)N1CCN(CC3CCOCC3)CC(C1)O2. The van der Waals surface area contributed by atoms with Crippen molar-refractivity contribution in [3.05, 3.63) is 65.2 Å². The number of amides is 1. The summed E-state index contributed by atoms with van der Waals surface area (Å²) in [4.78, 5) is 26.9. The van der Waals surface area contributed by atoms with Crippen LogP contribution < -0.4 is 9.46 Å². The fourth-order valence-electron chi connectivity index (χ4n) is 5.96. The lowest BCUT2D eigenvalue weighted by atomic mass is 9.99. The third kappa shape index (κ3) is 6.07. The van der Waals surface area contributed by atoms with E-state index in [9.17, 15) is 13.2 Å². The molecule has 6 bridgehead atoms. The van der Waals surface area contributed by atoms with Gasteiger partial charge in [-0.3, -0.25) is 9.69 Å². The molecule has 2 fully saturated rings. The van der Waals surface area contributed by atoms with Crippen molar-refractivity contribution in [1.82, 2.24) is 19.8 Å². The second kappa shape index (κ2) is 11.4. The smallest absolute Gasteiger partial charge is 0.264 e. The van der Waals surface area contributed by atoms with Gasteiger partial charge >= 0.3 is 0 Å². The Labute approximate surface area is 240 Å². The number of hydrogen-bond donors (Lipinski definition) is 1. The normalized spacial score (nSPS) is 21.5. The van der Waals surface area contributed by atoms with E-state index >= 15 is 0 Å². The van der Waals surface area contributed by atoms with Crippen LogP contribution in [0.5, 0.6) is 5.88 Å². The fraction of sp³-hybridized carbons (Fsp3) is 0.433. The minimum Gasteiger partial charge on any atom is -0.471 e. The molecule has 4 heterocycles. The van der Waals surface area contributed by atoms with Crippen molar-refractivity contribution in [2.24, 2.45) is 5.92 Å². The second-order valence-electron chi connectivity index (χ2n) is 11.1. The van der Waals surface area contributed by atoms with Gasteiger partial charge in [0.25, 0.3) is 15.9 Å². The molecule has 10 nitrogen and oxygen atoms in total. The van der Waals surface area contributed by atoms with Crippen LogP contribution in [0.4, 0.5) is 5.95 Å². The molecule has 3 aromatic rings. The molecule has 0 aliphatic carbocycles. The first-order chi connectivity index (χ1) is 19.7. The highest BCUT2D eigenvalue weighted by atomic mass is 32.2. The van der Waals surface area contributed by atoms with Crippen molar-refractivity contribution in [1.29, 1.82) is 0 Å². The van der Waals surface area contributed by atoms with Gasteiger partial charge in [0.05, 0.1) is 17.1 Å². The van der Waals surface area contributed by atoms with Gasteiger partial charge < -0.3 is 14.4 Å². The van der Waals surface area contributed by atoms with E-state index < -0.39 is 10.0 Å². The van der Waals surface area contributed by atoms with Crippen molar-refractivity contribution in [2.45, 2.75) is 37.7 Å². The maximum absolute atomic E-state index is 13.7. The van der Waals surface area contributed by atoms with Crippen LogP contribution in [-0.2, 0) is 14.8 Å². The summed E-state index contributed by atoms with van der Waals surface area (Å²) >= 11 is 0. The van der Waals surface area contributed by atoms with Gasteiger partial charge in [-0.2, -0.15) is 4.98 Å². The lowest BCUT2D eigenvalue weighted by Gasteiger charge is -2.30. The summed E-state index contributed by atoms with van der Waals surface area (Å²) in [7, 11) is -4.08. The van der Waals surface area contributed by atoms with Crippen LogP contribution >= 0.6 is 0 Å². The van der Waals surface area contributed by atoms with Crippen LogP contribution in [0.3, 0.4) is 0 Å². The minimum atomic E-state index is -4.08. The summed E-state index contributed by atoms with van der Waals surface area (Å²) in [5.74, 6) is 0.480. The molecule has 1 aromatic heterocycles. The van der Waals surface area contributed by atoms with Gasteiger partial charge in [-0.15, -0.1) is 0 Å². The Morgan fingerprint density at radius 2 is 1.73 bits per heavy atom. The van der Waals surface area contributed by atoms with Gasteiger partial charge in [0.2, 0.25) is 11.8 Å². The summed E-state index contributed by atoms with van der Waals surface area (Å²) in [5.41, 5.74) is 3.77. The van der Waals surface area contributed by atoms with Crippen molar-refractivity contribution in [3.8, 4) is 17.1 Å². The van der Waals surface area contributed by atoms with Crippen LogP contribution in [0, 0.1) is 19.8 Å². The fourth-order valence-corrected chi connectivity index (χ4v) is 6.95. The van der Waals surface area contributed by atoms with E-state index in [0.29, 0.717) is 43.4 Å². The Hall–Kier alpha value is -3.54.